The molecule has 0 amide bonds. The Balaban J connectivity index is 1.01. The quantitative estimate of drug-likeness (QED) is 0.113. The molecule has 0 aliphatic heterocycles. The summed E-state index contributed by atoms with van der Waals surface area (Å²) in [6.45, 7) is 0. The standard InChI is InChI=1S/C57H37N3OSSi/c1-4-16-38(17-5-1)55-58-56(60-57(59-55)42-30-32-50-49-27-11-13-29-53(49)62-54(50)36-42)41-20-14-18-39(34-41)40-19-15-25-45(35-40)63(43-21-6-2-7-22-43,44-23-8-3-9-24-44)46-31-33-48-47-26-10-12-28-51(47)61-52(48)37-46/h1-37H. The van der Waals surface area contributed by atoms with Gasteiger partial charge >= 0.3 is 0 Å². The third-order valence-corrected chi connectivity index (χ3v) is 18.2. The number of fused-ring (bicyclic) bond motifs is 6. The molecular formula is C57H37N3OSSi. The predicted octanol–water partition coefficient (Wildman–Crippen LogP) is 12.2. The molecule has 3 heterocycles. The highest BCUT2D eigenvalue weighted by atomic mass is 32.1. The number of thiophene rings is 1. The van der Waals surface area contributed by atoms with Crippen molar-refractivity contribution in [2.24, 2.45) is 0 Å². The summed E-state index contributed by atoms with van der Waals surface area (Å²) in [5, 5.41) is 9.92. The molecule has 0 unspecified atom stereocenters. The second kappa shape index (κ2) is 15.3. The first-order chi connectivity index (χ1) is 31.2. The first-order valence-electron chi connectivity index (χ1n) is 21.2. The summed E-state index contributed by atoms with van der Waals surface area (Å²) in [6.07, 6.45) is 0. The second-order valence-corrected chi connectivity index (χ2v) is 20.8. The Kier molecular flexibility index (Phi) is 8.99. The summed E-state index contributed by atoms with van der Waals surface area (Å²) >= 11 is 1.80. The van der Waals surface area contributed by atoms with Gasteiger partial charge in [-0.15, -0.1) is 11.3 Å². The van der Waals surface area contributed by atoms with E-state index in [0.717, 1.165) is 49.8 Å². The fourth-order valence-electron chi connectivity index (χ4n) is 9.32. The van der Waals surface area contributed by atoms with Crippen molar-refractivity contribution in [3.63, 3.8) is 0 Å². The summed E-state index contributed by atoms with van der Waals surface area (Å²) in [5.74, 6) is 1.92. The Morgan fingerprint density at radius 3 is 1.54 bits per heavy atom. The molecule has 0 saturated carbocycles. The molecule has 3 aromatic heterocycles. The van der Waals surface area contributed by atoms with E-state index in [0.29, 0.717) is 17.5 Å². The van der Waals surface area contributed by atoms with E-state index in [1.54, 1.807) is 11.3 Å². The highest BCUT2D eigenvalue weighted by molar-refractivity contribution is 7.25. The molecule has 0 fully saturated rings. The first-order valence-corrected chi connectivity index (χ1v) is 24.0. The second-order valence-electron chi connectivity index (χ2n) is 15.9. The van der Waals surface area contributed by atoms with Crippen LogP contribution in [0.1, 0.15) is 0 Å². The normalized spacial score (nSPS) is 11.8. The summed E-state index contributed by atoms with van der Waals surface area (Å²) < 4.78 is 9.04. The number of aromatic nitrogens is 3. The van der Waals surface area contributed by atoms with Crippen LogP contribution in [0.5, 0.6) is 0 Å². The van der Waals surface area contributed by atoms with Gasteiger partial charge in [0.25, 0.3) is 0 Å². The Morgan fingerprint density at radius 2 is 0.794 bits per heavy atom. The van der Waals surface area contributed by atoms with Gasteiger partial charge in [-0.1, -0.05) is 194 Å². The fraction of sp³-hybridized carbons (Fsp3) is 0. The highest BCUT2D eigenvalue weighted by Crippen LogP contribution is 2.37. The smallest absolute Gasteiger partial charge is 0.179 e. The Labute approximate surface area is 369 Å². The lowest BCUT2D eigenvalue weighted by Crippen LogP contribution is -2.74. The average Bonchev–Trinajstić information content (AvgIpc) is 3.93. The van der Waals surface area contributed by atoms with Gasteiger partial charge in [0.2, 0.25) is 0 Å². The molecule has 0 N–H and O–H groups in total. The maximum Gasteiger partial charge on any atom is 0.179 e. The molecule has 0 atom stereocenters. The van der Waals surface area contributed by atoms with Crippen LogP contribution in [-0.4, -0.2) is 23.0 Å². The molecule has 6 heteroatoms. The number of rotatable bonds is 8. The van der Waals surface area contributed by atoms with Crippen molar-refractivity contribution in [3.8, 4) is 45.3 Å². The van der Waals surface area contributed by atoms with Crippen LogP contribution in [0.4, 0.5) is 0 Å². The first kappa shape index (κ1) is 37.0. The van der Waals surface area contributed by atoms with E-state index >= 15 is 0 Å². The van der Waals surface area contributed by atoms with Crippen molar-refractivity contribution < 1.29 is 4.42 Å². The lowest BCUT2D eigenvalue weighted by molar-refractivity contribution is 0.669. The van der Waals surface area contributed by atoms with Crippen molar-refractivity contribution in [1.29, 1.82) is 0 Å². The van der Waals surface area contributed by atoms with Gasteiger partial charge in [-0.05, 0) is 62.2 Å². The molecule has 0 saturated heterocycles. The van der Waals surface area contributed by atoms with E-state index in [4.69, 9.17) is 19.4 Å². The lowest BCUT2D eigenvalue weighted by Gasteiger charge is -2.34. The van der Waals surface area contributed by atoms with Crippen LogP contribution in [0.25, 0.3) is 87.4 Å². The largest absolute Gasteiger partial charge is 0.456 e. The monoisotopic (exact) mass is 839 g/mol. The minimum absolute atomic E-state index is 0.629. The maximum absolute atomic E-state index is 6.56. The zero-order valence-electron chi connectivity index (χ0n) is 34.0. The summed E-state index contributed by atoms with van der Waals surface area (Å²) in [4.78, 5) is 15.4. The highest BCUT2D eigenvalue weighted by Gasteiger charge is 2.42. The number of nitrogens with zero attached hydrogens (tertiary/aromatic N) is 3. The molecular weight excluding hydrogens is 803 g/mol. The van der Waals surface area contributed by atoms with Crippen LogP contribution >= 0.6 is 11.3 Å². The van der Waals surface area contributed by atoms with E-state index < -0.39 is 8.07 Å². The van der Waals surface area contributed by atoms with E-state index in [2.05, 4.69) is 200 Å². The van der Waals surface area contributed by atoms with Crippen LogP contribution in [0.15, 0.2) is 229 Å². The third kappa shape index (κ3) is 6.38. The van der Waals surface area contributed by atoms with Crippen LogP contribution in [0.2, 0.25) is 0 Å². The molecule has 0 bridgehead atoms. The Morgan fingerprint density at radius 1 is 0.302 bits per heavy atom. The van der Waals surface area contributed by atoms with Crippen LogP contribution in [0.3, 0.4) is 0 Å². The van der Waals surface area contributed by atoms with Gasteiger partial charge in [-0.3, -0.25) is 0 Å². The molecule has 0 spiro atoms. The third-order valence-electron chi connectivity index (χ3n) is 12.3. The zero-order chi connectivity index (χ0) is 41.7. The topological polar surface area (TPSA) is 51.8 Å². The van der Waals surface area contributed by atoms with Gasteiger partial charge in [-0.25, -0.2) is 15.0 Å². The van der Waals surface area contributed by atoms with Crippen molar-refractivity contribution in [1.82, 2.24) is 15.0 Å². The number of benzene rings is 9. The molecule has 9 aromatic carbocycles. The zero-order valence-corrected chi connectivity index (χ0v) is 35.8. The van der Waals surface area contributed by atoms with Gasteiger partial charge in [0.05, 0.1) is 0 Å². The summed E-state index contributed by atoms with van der Waals surface area (Å²) in [6, 6.07) is 80.4. The fourth-order valence-corrected chi connectivity index (χ4v) is 15.3. The molecule has 0 aliphatic rings. The summed E-state index contributed by atoms with van der Waals surface area (Å²) in [7, 11) is -2.92. The van der Waals surface area contributed by atoms with E-state index in [-0.39, 0.29) is 0 Å². The average molecular weight is 840 g/mol. The van der Waals surface area contributed by atoms with Gasteiger partial charge in [0.15, 0.2) is 25.5 Å². The molecule has 0 aliphatic carbocycles. The van der Waals surface area contributed by atoms with Crippen LogP contribution < -0.4 is 20.7 Å². The van der Waals surface area contributed by atoms with Gasteiger partial charge in [0.1, 0.15) is 11.2 Å². The molecule has 0 radical (unpaired) electrons. The lowest BCUT2D eigenvalue weighted by atomic mass is 10.0. The molecule has 12 rings (SSSR count). The molecule has 12 aromatic rings. The van der Waals surface area contributed by atoms with E-state index in [1.165, 1.54) is 40.9 Å². The van der Waals surface area contributed by atoms with Crippen LogP contribution in [-0.2, 0) is 0 Å². The SMILES string of the molecule is c1ccc(-c2nc(-c3cccc(-c4cccc([Si](c5ccccc5)(c5ccccc5)c5ccc6c(c5)oc5ccccc56)c4)c3)nc(-c3ccc4c(c3)sc3ccccc34)n2)cc1. The minimum atomic E-state index is -2.92. The van der Waals surface area contributed by atoms with Crippen molar-refractivity contribution in [3.05, 3.63) is 224 Å². The molecule has 4 nitrogen and oxygen atoms in total. The van der Waals surface area contributed by atoms with Crippen molar-refractivity contribution in [2.75, 3.05) is 0 Å². The van der Waals surface area contributed by atoms with Crippen LogP contribution in [0, 0.1) is 0 Å². The predicted molar refractivity (Wildman–Crippen MR) is 265 cm³/mol. The number of para-hydroxylation sites is 1. The Hall–Kier alpha value is -7.77. The van der Waals surface area contributed by atoms with E-state index in [1.807, 2.05) is 24.3 Å². The number of hydrogen-bond acceptors (Lipinski definition) is 5. The van der Waals surface area contributed by atoms with E-state index in [9.17, 15) is 0 Å². The summed E-state index contributed by atoms with van der Waals surface area (Å²) in [5.41, 5.74) is 6.83. The van der Waals surface area contributed by atoms with Crippen molar-refractivity contribution >= 4 is 82.3 Å². The van der Waals surface area contributed by atoms with Gasteiger partial charge < -0.3 is 4.42 Å². The number of hydrogen-bond donors (Lipinski definition) is 0. The molecule has 63 heavy (non-hydrogen) atoms. The number of furan rings is 1. The Bertz CT molecular complexity index is 3600. The minimum Gasteiger partial charge on any atom is -0.456 e. The maximum atomic E-state index is 6.56. The van der Waals surface area contributed by atoms with Gasteiger partial charge in [0, 0.05) is 47.6 Å². The molecule has 296 valence electrons. The van der Waals surface area contributed by atoms with Gasteiger partial charge in [-0.2, -0.15) is 0 Å². The van der Waals surface area contributed by atoms with Crippen molar-refractivity contribution in [2.45, 2.75) is 0 Å².